The highest BCUT2D eigenvalue weighted by atomic mass is 32.2. The maximum Gasteiger partial charge on any atom is 0.312 e. The van der Waals surface area contributed by atoms with Gasteiger partial charge in [-0.05, 0) is 50.6 Å². The van der Waals surface area contributed by atoms with Crippen molar-refractivity contribution >= 4 is 15.8 Å². The zero-order chi connectivity index (χ0) is 18.4. The maximum absolute atomic E-state index is 11.4. The van der Waals surface area contributed by atoms with Crippen LogP contribution in [0.2, 0.25) is 0 Å². The number of aromatic nitrogens is 1. The normalized spacial score (nSPS) is 18.9. The second kappa shape index (κ2) is 5.88. The summed E-state index contributed by atoms with van der Waals surface area (Å²) in [5, 5.41) is 11.9. The minimum absolute atomic E-state index is 0.579. The molecule has 2 heterocycles. The van der Waals surface area contributed by atoms with Gasteiger partial charge < -0.3 is 14.6 Å². The van der Waals surface area contributed by atoms with Crippen molar-refractivity contribution in [2.24, 2.45) is 0 Å². The first kappa shape index (κ1) is 17.5. The Balaban J connectivity index is 2.10. The number of ether oxygens (including phenoxy) is 1. The highest BCUT2D eigenvalue weighted by Gasteiger charge is 2.39. The second-order valence-electron chi connectivity index (χ2n) is 6.34. The fourth-order valence-electron chi connectivity index (χ4n) is 3.11. The topological polar surface area (TPSA) is 104 Å². The van der Waals surface area contributed by atoms with E-state index in [2.05, 4.69) is 11.4 Å². The van der Waals surface area contributed by atoms with Crippen molar-refractivity contribution in [3.05, 3.63) is 41.6 Å². The standard InChI is InChI=1S/C17H19N3O4S/c1-4-20-12(10-18)6-8-15(20)11-5-7-14-13(9-11)17(2,3)24-16(19-14)25(21,22)23/h5-9,16,19H,4H2,1-3H3,(H,21,22,23). The molecule has 0 radical (unpaired) electrons. The van der Waals surface area contributed by atoms with Crippen LogP contribution in [0, 0.1) is 11.3 Å². The number of nitrogens with one attached hydrogen (secondary N) is 1. The number of hydrogen-bond donors (Lipinski definition) is 2. The number of hydrogen-bond acceptors (Lipinski definition) is 5. The van der Waals surface area contributed by atoms with Gasteiger partial charge in [-0.15, -0.1) is 0 Å². The molecule has 1 atom stereocenters. The number of anilines is 1. The lowest BCUT2D eigenvalue weighted by Gasteiger charge is -2.37. The van der Waals surface area contributed by atoms with E-state index >= 15 is 0 Å². The molecule has 0 saturated heterocycles. The summed E-state index contributed by atoms with van der Waals surface area (Å²) in [6.45, 7) is 6.11. The molecule has 1 aliphatic heterocycles. The molecule has 1 aromatic carbocycles. The average molecular weight is 361 g/mol. The third-order valence-electron chi connectivity index (χ3n) is 4.32. The molecule has 1 aromatic heterocycles. The van der Waals surface area contributed by atoms with E-state index in [1.807, 2.05) is 29.7 Å². The molecule has 1 unspecified atom stereocenters. The molecule has 7 nitrogen and oxygen atoms in total. The largest absolute Gasteiger partial charge is 0.345 e. The SMILES string of the molecule is CCn1c(C#N)ccc1-c1ccc2c(c1)C(C)(C)OC(S(=O)(=O)O)N2. The van der Waals surface area contributed by atoms with Crippen molar-refractivity contribution in [2.45, 2.75) is 38.5 Å². The van der Waals surface area contributed by atoms with E-state index < -0.39 is 21.3 Å². The van der Waals surface area contributed by atoms with Gasteiger partial charge in [-0.2, -0.15) is 13.7 Å². The number of rotatable bonds is 3. The minimum Gasteiger partial charge on any atom is -0.345 e. The average Bonchev–Trinajstić information content (AvgIpc) is 2.96. The van der Waals surface area contributed by atoms with E-state index in [9.17, 15) is 18.2 Å². The Hall–Kier alpha value is -2.34. The van der Waals surface area contributed by atoms with E-state index in [-0.39, 0.29) is 0 Å². The van der Waals surface area contributed by atoms with Gasteiger partial charge in [0.15, 0.2) is 0 Å². The van der Waals surface area contributed by atoms with Gasteiger partial charge in [0.1, 0.15) is 11.8 Å². The summed E-state index contributed by atoms with van der Waals surface area (Å²) in [5.74, 6) is 0. The van der Waals surface area contributed by atoms with Crippen LogP contribution in [0.4, 0.5) is 5.69 Å². The molecule has 2 N–H and O–H groups in total. The summed E-state index contributed by atoms with van der Waals surface area (Å²) >= 11 is 0. The van der Waals surface area contributed by atoms with Crippen LogP contribution in [-0.2, 0) is 27.0 Å². The van der Waals surface area contributed by atoms with Crippen LogP contribution in [0.15, 0.2) is 30.3 Å². The summed E-state index contributed by atoms with van der Waals surface area (Å²) < 4.78 is 39.6. The van der Waals surface area contributed by atoms with Gasteiger partial charge in [-0.25, -0.2) is 0 Å². The van der Waals surface area contributed by atoms with Crippen LogP contribution in [0.25, 0.3) is 11.3 Å². The smallest absolute Gasteiger partial charge is 0.312 e. The summed E-state index contributed by atoms with van der Waals surface area (Å²) in [5.41, 5.74) is 1.30. The summed E-state index contributed by atoms with van der Waals surface area (Å²) in [6.07, 6.45) is 0. The molecule has 0 amide bonds. The Morgan fingerprint density at radius 3 is 2.68 bits per heavy atom. The monoisotopic (exact) mass is 361 g/mol. The summed E-state index contributed by atoms with van der Waals surface area (Å²) in [6, 6.07) is 11.3. The molecule has 132 valence electrons. The van der Waals surface area contributed by atoms with E-state index in [4.69, 9.17) is 4.74 Å². The number of benzene rings is 1. The minimum atomic E-state index is -4.39. The number of nitrogens with zero attached hydrogens (tertiary/aromatic N) is 2. The number of fused-ring (bicyclic) bond motifs is 1. The molecule has 3 rings (SSSR count). The van der Waals surface area contributed by atoms with Gasteiger partial charge in [0.05, 0.1) is 5.60 Å². The van der Waals surface area contributed by atoms with E-state index in [0.29, 0.717) is 17.9 Å². The van der Waals surface area contributed by atoms with E-state index in [1.165, 1.54) is 0 Å². The Kier molecular flexibility index (Phi) is 4.11. The Morgan fingerprint density at radius 1 is 1.36 bits per heavy atom. The number of nitriles is 1. The van der Waals surface area contributed by atoms with Crippen LogP contribution >= 0.6 is 0 Å². The van der Waals surface area contributed by atoms with Crippen molar-refractivity contribution in [3.63, 3.8) is 0 Å². The molecule has 0 fully saturated rings. The zero-order valence-electron chi connectivity index (χ0n) is 14.1. The first-order chi connectivity index (χ1) is 11.7. The van der Waals surface area contributed by atoms with Gasteiger partial charge in [0, 0.05) is 23.5 Å². The predicted molar refractivity (Wildman–Crippen MR) is 93.3 cm³/mol. The molecule has 8 heteroatoms. The molecule has 0 saturated carbocycles. The Morgan fingerprint density at radius 2 is 2.08 bits per heavy atom. The lowest BCUT2D eigenvalue weighted by atomic mass is 9.92. The van der Waals surface area contributed by atoms with Crippen LogP contribution in [-0.4, -0.2) is 23.1 Å². The third-order valence-corrected chi connectivity index (χ3v) is 5.08. The van der Waals surface area contributed by atoms with Crippen LogP contribution in [0.5, 0.6) is 0 Å². The summed E-state index contributed by atoms with van der Waals surface area (Å²) in [4.78, 5) is 0. The zero-order valence-corrected chi connectivity index (χ0v) is 15.0. The molecule has 0 aliphatic carbocycles. The maximum atomic E-state index is 11.4. The highest BCUT2D eigenvalue weighted by molar-refractivity contribution is 7.86. The fourth-order valence-corrected chi connectivity index (χ4v) is 3.75. The Bertz CT molecular complexity index is 970. The molecule has 0 bridgehead atoms. The van der Waals surface area contributed by atoms with Crippen LogP contribution in [0.3, 0.4) is 0 Å². The quantitative estimate of drug-likeness (QED) is 0.815. The van der Waals surface area contributed by atoms with Gasteiger partial charge in [-0.1, -0.05) is 6.07 Å². The van der Waals surface area contributed by atoms with Crippen molar-refractivity contribution in [2.75, 3.05) is 5.32 Å². The molecule has 1 aliphatic rings. The van der Waals surface area contributed by atoms with Crippen molar-refractivity contribution < 1.29 is 17.7 Å². The fraction of sp³-hybridized carbons (Fsp3) is 0.353. The molecule has 0 spiro atoms. The molecular formula is C17H19N3O4S. The van der Waals surface area contributed by atoms with Crippen molar-refractivity contribution in [3.8, 4) is 17.3 Å². The highest BCUT2D eigenvalue weighted by Crippen LogP contribution is 2.40. The Labute approximate surface area is 146 Å². The molecule has 2 aromatic rings. The van der Waals surface area contributed by atoms with E-state index in [1.54, 1.807) is 26.0 Å². The first-order valence-electron chi connectivity index (χ1n) is 7.82. The third kappa shape index (κ3) is 3.02. The van der Waals surface area contributed by atoms with Gasteiger partial charge in [0.25, 0.3) is 5.56 Å². The lowest BCUT2D eigenvalue weighted by Crippen LogP contribution is -2.43. The van der Waals surface area contributed by atoms with Gasteiger partial charge in [-0.3, -0.25) is 4.55 Å². The molecular weight excluding hydrogens is 342 g/mol. The van der Waals surface area contributed by atoms with E-state index in [0.717, 1.165) is 16.8 Å². The second-order valence-corrected chi connectivity index (χ2v) is 7.80. The van der Waals surface area contributed by atoms with Crippen LogP contribution < -0.4 is 5.32 Å². The molecule has 25 heavy (non-hydrogen) atoms. The van der Waals surface area contributed by atoms with Gasteiger partial charge in [0.2, 0.25) is 0 Å². The van der Waals surface area contributed by atoms with Crippen molar-refractivity contribution in [1.82, 2.24) is 4.57 Å². The first-order valence-corrected chi connectivity index (χ1v) is 9.33. The summed E-state index contributed by atoms with van der Waals surface area (Å²) in [7, 11) is -4.39. The lowest BCUT2D eigenvalue weighted by molar-refractivity contribution is -0.0406. The van der Waals surface area contributed by atoms with Crippen LogP contribution in [0.1, 0.15) is 32.0 Å². The van der Waals surface area contributed by atoms with Gasteiger partial charge >= 0.3 is 10.1 Å². The predicted octanol–water partition coefficient (Wildman–Crippen LogP) is 2.90. The van der Waals surface area contributed by atoms with Crippen molar-refractivity contribution in [1.29, 1.82) is 5.26 Å².